The average molecular weight is 292 g/mol. The minimum absolute atomic E-state index is 0.0856. The Bertz CT molecular complexity index is 638. The lowest BCUT2D eigenvalue weighted by atomic mass is 10.1. The maximum atomic E-state index is 12.2. The molecule has 7 nitrogen and oxygen atoms in total. The number of amides is 1. The molecular weight excluding hydrogens is 276 g/mol. The molecule has 1 saturated carbocycles. The highest BCUT2D eigenvalue weighted by atomic mass is 16.6. The molecule has 2 rings (SSSR count). The van der Waals surface area contributed by atoms with Crippen molar-refractivity contribution in [3.63, 3.8) is 0 Å². The van der Waals surface area contributed by atoms with Gasteiger partial charge in [0.2, 0.25) is 5.91 Å². The zero-order chi connectivity index (χ0) is 15.9. The second kappa shape index (κ2) is 4.83. The standard InChI is InChI=1S/C14H16N2O5/c1-7-4-5-8(9(6-7)16(20)21)15-12(17)10-11(13(18)19)14(10,2)3/h4-6,10-11H,1-3H3,(H,15,17)(H,18,19). The van der Waals surface area contributed by atoms with Gasteiger partial charge in [0.1, 0.15) is 5.69 Å². The number of nitrogens with zero attached hydrogens (tertiary/aromatic N) is 1. The maximum absolute atomic E-state index is 12.2. The van der Waals surface area contributed by atoms with Crippen molar-refractivity contribution in [3.05, 3.63) is 33.9 Å². The van der Waals surface area contributed by atoms with Crippen molar-refractivity contribution in [2.45, 2.75) is 20.8 Å². The van der Waals surface area contributed by atoms with Gasteiger partial charge in [-0.05, 0) is 24.0 Å². The molecule has 0 saturated heterocycles. The first-order valence-corrected chi connectivity index (χ1v) is 6.45. The summed E-state index contributed by atoms with van der Waals surface area (Å²) in [6, 6.07) is 4.47. The fourth-order valence-corrected chi connectivity index (χ4v) is 2.70. The number of carbonyl (C=O) groups is 2. The lowest BCUT2D eigenvalue weighted by Crippen LogP contribution is -2.18. The number of carbonyl (C=O) groups excluding carboxylic acids is 1. The number of nitro benzene ring substituents is 1. The number of carboxylic acids is 1. The normalized spacial score (nSPS) is 22.4. The molecule has 0 radical (unpaired) electrons. The van der Waals surface area contributed by atoms with E-state index in [9.17, 15) is 19.7 Å². The topological polar surface area (TPSA) is 110 Å². The number of nitro groups is 1. The lowest BCUT2D eigenvalue weighted by molar-refractivity contribution is -0.384. The van der Waals surface area contributed by atoms with Gasteiger partial charge in [0.25, 0.3) is 5.69 Å². The molecule has 2 atom stereocenters. The zero-order valence-electron chi connectivity index (χ0n) is 11.9. The van der Waals surface area contributed by atoms with E-state index >= 15 is 0 Å². The van der Waals surface area contributed by atoms with Crippen LogP contribution in [0.15, 0.2) is 18.2 Å². The third-order valence-corrected chi connectivity index (χ3v) is 3.98. The number of aliphatic carboxylic acids is 1. The highest BCUT2D eigenvalue weighted by Gasteiger charge is 2.66. The van der Waals surface area contributed by atoms with Crippen LogP contribution in [0, 0.1) is 34.3 Å². The third-order valence-electron chi connectivity index (χ3n) is 3.98. The van der Waals surface area contributed by atoms with E-state index in [1.165, 1.54) is 12.1 Å². The molecule has 2 unspecified atom stereocenters. The molecule has 0 heterocycles. The van der Waals surface area contributed by atoms with Crippen molar-refractivity contribution in [1.29, 1.82) is 0 Å². The number of nitrogens with one attached hydrogen (secondary N) is 1. The van der Waals surface area contributed by atoms with Gasteiger partial charge in [0.05, 0.1) is 16.8 Å². The first kappa shape index (κ1) is 15.0. The maximum Gasteiger partial charge on any atom is 0.307 e. The smallest absolute Gasteiger partial charge is 0.307 e. The van der Waals surface area contributed by atoms with Crippen LogP contribution in [0.25, 0.3) is 0 Å². The van der Waals surface area contributed by atoms with Gasteiger partial charge in [-0.15, -0.1) is 0 Å². The predicted octanol–water partition coefficient (Wildman–Crippen LogP) is 2.20. The Morgan fingerprint density at radius 2 is 1.95 bits per heavy atom. The van der Waals surface area contributed by atoms with E-state index in [0.29, 0.717) is 5.56 Å². The number of carboxylic acid groups (broad SMARTS) is 1. The molecule has 1 aliphatic carbocycles. The van der Waals surface area contributed by atoms with Crippen LogP contribution in [0.2, 0.25) is 0 Å². The van der Waals surface area contributed by atoms with Crippen LogP contribution in [0.4, 0.5) is 11.4 Å². The fourth-order valence-electron chi connectivity index (χ4n) is 2.70. The predicted molar refractivity (Wildman–Crippen MR) is 74.9 cm³/mol. The van der Waals surface area contributed by atoms with Crippen molar-refractivity contribution >= 4 is 23.3 Å². The number of benzene rings is 1. The van der Waals surface area contributed by atoms with Crippen molar-refractivity contribution in [2.24, 2.45) is 17.3 Å². The van der Waals surface area contributed by atoms with Crippen LogP contribution in [0.5, 0.6) is 0 Å². The average Bonchev–Trinajstić information content (AvgIpc) is 2.94. The van der Waals surface area contributed by atoms with Gasteiger partial charge in [0.15, 0.2) is 0 Å². The molecular formula is C14H16N2O5. The lowest BCUT2D eigenvalue weighted by Gasteiger charge is -2.07. The summed E-state index contributed by atoms with van der Waals surface area (Å²) in [6.45, 7) is 5.10. The monoisotopic (exact) mass is 292 g/mol. The largest absolute Gasteiger partial charge is 0.481 e. The Balaban J connectivity index is 2.22. The van der Waals surface area contributed by atoms with E-state index < -0.39 is 34.1 Å². The van der Waals surface area contributed by atoms with Crippen LogP contribution < -0.4 is 5.32 Å². The van der Waals surface area contributed by atoms with Gasteiger partial charge in [-0.2, -0.15) is 0 Å². The van der Waals surface area contributed by atoms with Crippen molar-refractivity contribution in [3.8, 4) is 0 Å². The minimum Gasteiger partial charge on any atom is -0.481 e. The van der Waals surface area contributed by atoms with Crippen LogP contribution in [0.1, 0.15) is 19.4 Å². The van der Waals surface area contributed by atoms with Crippen molar-refractivity contribution < 1.29 is 19.6 Å². The van der Waals surface area contributed by atoms with Gasteiger partial charge in [-0.3, -0.25) is 19.7 Å². The van der Waals surface area contributed by atoms with E-state index in [1.54, 1.807) is 26.8 Å². The Morgan fingerprint density at radius 3 is 2.43 bits per heavy atom. The van der Waals surface area contributed by atoms with Crippen LogP contribution in [-0.2, 0) is 9.59 Å². The number of hydrogen-bond donors (Lipinski definition) is 2. The number of anilines is 1. The van der Waals surface area contributed by atoms with Gasteiger partial charge < -0.3 is 10.4 Å². The van der Waals surface area contributed by atoms with Crippen LogP contribution >= 0.6 is 0 Å². The molecule has 1 amide bonds. The Morgan fingerprint density at radius 1 is 1.33 bits per heavy atom. The highest BCUT2D eigenvalue weighted by Crippen LogP contribution is 2.58. The summed E-state index contributed by atoms with van der Waals surface area (Å²) < 4.78 is 0. The summed E-state index contributed by atoms with van der Waals surface area (Å²) in [5.41, 5.74) is -0.0546. The molecule has 0 aromatic heterocycles. The minimum atomic E-state index is -1.03. The van der Waals surface area contributed by atoms with Gasteiger partial charge in [-0.25, -0.2) is 0 Å². The van der Waals surface area contributed by atoms with Crippen molar-refractivity contribution in [1.82, 2.24) is 0 Å². The Kier molecular flexibility index (Phi) is 3.44. The molecule has 0 aliphatic heterocycles. The first-order chi connectivity index (χ1) is 9.66. The third kappa shape index (κ3) is 2.58. The summed E-state index contributed by atoms with van der Waals surface area (Å²) in [4.78, 5) is 33.7. The summed E-state index contributed by atoms with van der Waals surface area (Å²) in [5, 5.41) is 22.5. The van der Waals surface area contributed by atoms with E-state index in [4.69, 9.17) is 5.11 Å². The molecule has 1 fully saturated rings. The van der Waals surface area contributed by atoms with Gasteiger partial charge >= 0.3 is 5.97 Å². The second-order valence-electron chi connectivity index (χ2n) is 5.88. The van der Waals surface area contributed by atoms with Crippen LogP contribution in [-0.4, -0.2) is 21.9 Å². The molecule has 1 aromatic carbocycles. The van der Waals surface area contributed by atoms with E-state index in [2.05, 4.69) is 5.32 Å². The molecule has 1 aromatic rings. The quantitative estimate of drug-likeness (QED) is 0.653. The summed E-state index contributed by atoms with van der Waals surface area (Å²) in [5.74, 6) is -2.98. The zero-order valence-corrected chi connectivity index (χ0v) is 11.9. The fraction of sp³-hybridized carbons (Fsp3) is 0.429. The second-order valence-corrected chi connectivity index (χ2v) is 5.88. The molecule has 21 heavy (non-hydrogen) atoms. The SMILES string of the molecule is Cc1ccc(NC(=O)C2C(C(=O)O)C2(C)C)c([N+](=O)[O-])c1. The highest BCUT2D eigenvalue weighted by molar-refractivity contribution is 6.01. The number of aryl methyl sites for hydroxylation is 1. The molecule has 2 N–H and O–H groups in total. The summed E-state index contributed by atoms with van der Waals surface area (Å²) in [7, 11) is 0. The summed E-state index contributed by atoms with van der Waals surface area (Å²) in [6.07, 6.45) is 0. The number of hydrogen-bond acceptors (Lipinski definition) is 4. The molecule has 0 spiro atoms. The molecule has 0 bridgehead atoms. The molecule has 7 heteroatoms. The summed E-state index contributed by atoms with van der Waals surface area (Å²) >= 11 is 0. The van der Waals surface area contributed by atoms with Crippen LogP contribution in [0.3, 0.4) is 0 Å². The first-order valence-electron chi connectivity index (χ1n) is 6.45. The Labute approximate surface area is 121 Å². The molecule has 112 valence electrons. The van der Waals surface area contributed by atoms with E-state index in [1.807, 2.05) is 0 Å². The van der Waals surface area contributed by atoms with E-state index in [-0.39, 0.29) is 11.4 Å². The van der Waals surface area contributed by atoms with Crippen molar-refractivity contribution in [2.75, 3.05) is 5.32 Å². The van der Waals surface area contributed by atoms with Gasteiger partial charge in [-0.1, -0.05) is 19.9 Å². The number of rotatable bonds is 4. The van der Waals surface area contributed by atoms with E-state index in [0.717, 1.165) is 0 Å². The molecule has 1 aliphatic rings. The Hall–Kier alpha value is -2.44. The van der Waals surface area contributed by atoms with Gasteiger partial charge in [0, 0.05) is 6.07 Å².